The molecule has 0 aliphatic heterocycles. The van der Waals surface area contributed by atoms with E-state index < -0.39 is 0 Å². The first-order chi connectivity index (χ1) is 13.1. The van der Waals surface area contributed by atoms with Gasteiger partial charge in [0, 0.05) is 40.1 Å². The van der Waals surface area contributed by atoms with Crippen LogP contribution in [-0.2, 0) is 0 Å². The lowest BCUT2D eigenvalue weighted by molar-refractivity contribution is 0.0949. The third kappa shape index (κ3) is 4.06. The number of rotatable bonds is 5. The van der Waals surface area contributed by atoms with Gasteiger partial charge < -0.3 is 10.6 Å². The van der Waals surface area contributed by atoms with Crippen LogP contribution >= 0.6 is 11.3 Å². The van der Waals surface area contributed by atoms with Gasteiger partial charge in [0.15, 0.2) is 0 Å². The number of amides is 2. The minimum Gasteiger partial charge on any atom is -0.349 e. The molecular formula is C21H19N3O2S. The maximum Gasteiger partial charge on any atom is 0.265 e. The Morgan fingerprint density at radius 3 is 2.70 bits per heavy atom. The molecular weight excluding hydrogens is 358 g/mol. The summed E-state index contributed by atoms with van der Waals surface area (Å²) >= 11 is 1.42. The normalized spacial score (nSPS) is 13.2. The van der Waals surface area contributed by atoms with E-state index in [4.69, 9.17) is 0 Å². The number of hydrogen-bond donors (Lipinski definition) is 2. The first kappa shape index (κ1) is 17.4. The fourth-order valence-electron chi connectivity index (χ4n) is 2.70. The third-order valence-electron chi connectivity index (χ3n) is 4.44. The van der Waals surface area contributed by atoms with Gasteiger partial charge in [0.2, 0.25) is 0 Å². The van der Waals surface area contributed by atoms with E-state index >= 15 is 0 Å². The van der Waals surface area contributed by atoms with Crippen molar-refractivity contribution >= 4 is 28.8 Å². The second-order valence-electron chi connectivity index (χ2n) is 6.64. The van der Waals surface area contributed by atoms with E-state index in [1.807, 2.05) is 31.2 Å². The molecule has 6 heteroatoms. The van der Waals surface area contributed by atoms with Gasteiger partial charge in [-0.3, -0.25) is 14.6 Å². The smallest absolute Gasteiger partial charge is 0.265 e. The summed E-state index contributed by atoms with van der Waals surface area (Å²) in [6.45, 7) is 1.91. The van der Waals surface area contributed by atoms with Gasteiger partial charge in [-0.1, -0.05) is 12.1 Å². The summed E-state index contributed by atoms with van der Waals surface area (Å²) in [7, 11) is 0. The molecule has 1 aliphatic rings. The van der Waals surface area contributed by atoms with Crippen molar-refractivity contribution in [1.29, 1.82) is 0 Å². The van der Waals surface area contributed by atoms with Crippen molar-refractivity contribution in [2.45, 2.75) is 25.8 Å². The monoisotopic (exact) mass is 377 g/mol. The average Bonchev–Trinajstić information content (AvgIpc) is 3.35. The van der Waals surface area contributed by atoms with Gasteiger partial charge in [-0.2, -0.15) is 0 Å². The number of aromatic nitrogens is 1. The summed E-state index contributed by atoms with van der Waals surface area (Å²) < 4.78 is 0. The maximum absolute atomic E-state index is 12.7. The predicted molar refractivity (Wildman–Crippen MR) is 107 cm³/mol. The molecule has 3 aromatic rings. The van der Waals surface area contributed by atoms with Crippen LogP contribution in [0.3, 0.4) is 0 Å². The Morgan fingerprint density at radius 2 is 1.96 bits per heavy atom. The fourth-order valence-corrected chi connectivity index (χ4v) is 3.59. The summed E-state index contributed by atoms with van der Waals surface area (Å²) in [5.74, 6) is -0.277. The molecule has 0 spiro atoms. The molecule has 136 valence electrons. The largest absolute Gasteiger partial charge is 0.349 e. The number of nitrogens with one attached hydrogen (secondary N) is 2. The average molecular weight is 377 g/mol. The number of benzene rings is 1. The molecule has 1 saturated carbocycles. The molecule has 2 heterocycles. The Kier molecular flexibility index (Phi) is 4.73. The van der Waals surface area contributed by atoms with Crippen LogP contribution in [0.1, 0.15) is 38.4 Å². The number of pyridine rings is 1. The molecule has 2 aromatic heterocycles. The van der Waals surface area contributed by atoms with Crippen molar-refractivity contribution in [3.05, 3.63) is 70.9 Å². The Labute approximate surface area is 161 Å². The van der Waals surface area contributed by atoms with E-state index in [-0.39, 0.29) is 11.8 Å². The molecule has 2 N–H and O–H groups in total. The predicted octanol–water partition coefficient (Wildman–Crippen LogP) is 4.26. The van der Waals surface area contributed by atoms with E-state index in [9.17, 15) is 9.59 Å². The van der Waals surface area contributed by atoms with Crippen LogP contribution in [0.25, 0.3) is 10.4 Å². The third-order valence-corrected chi connectivity index (χ3v) is 5.57. The summed E-state index contributed by atoms with van der Waals surface area (Å²) in [6.07, 6.45) is 5.58. The zero-order valence-corrected chi connectivity index (χ0v) is 15.7. The van der Waals surface area contributed by atoms with Gasteiger partial charge in [0.05, 0.1) is 4.88 Å². The van der Waals surface area contributed by atoms with Gasteiger partial charge in [0.25, 0.3) is 11.8 Å². The van der Waals surface area contributed by atoms with Crippen LogP contribution in [-0.4, -0.2) is 22.8 Å². The van der Waals surface area contributed by atoms with Gasteiger partial charge in [-0.15, -0.1) is 11.3 Å². The van der Waals surface area contributed by atoms with E-state index in [0.717, 1.165) is 28.8 Å². The molecule has 0 atom stereocenters. The zero-order chi connectivity index (χ0) is 18.8. The molecule has 1 aliphatic carbocycles. The molecule has 0 unspecified atom stereocenters. The second-order valence-corrected chi connectivity index (χ2v) is 7.72. The molecule has 2 amide bonds. The zero-order valence-electron chi connectivity index (χ0n) is 14.9. The van der Waals surface area contributed by atoms with Crippen molar-refractivity contribution in [2.75, 3.05) is 5.32 Å². The first-order valence-corrected chi connectivity index (χ1v) is 9.65. The molecule has 4 rings (SSSR count). The van der Waals surface area contributed by atoms with Crippen LogP contribution in [0.5, 0.6) is 0 Å². The molecule has 0 bridgehead atoms. The summed E-state index contributed by atoms with van der Waals surface area (Å²) in [4.78, 5) is 30.6. The number of carbonyl (C=O) groups is 2. The molecule has 1 aromatic carbocycles. The van der Waals surface area contributed by atoms with E-state index in [1.165, 1.54) is 11.3 Å². The van der Waals surface area contributed by atoms with E-state index in [1.54, 1.807) is 30.6 Å². The van der Waals surface area contributed by atoms with Crippen molar-refractivity contribution in [1.82, 2.24) is 10.3 Å². The SMILES string of the molecule is Cc1ccc(C(=O)NC2CC2)cc1NC(=O)c1ccc(-c2cccnc2)s1. The highest BCUT2D eigenvalue weighted by atomic mass is 32.1. The summed E-state index contributed by atoms with van der Waals surface area (Å²) in [5, 5.41) is 5.90. The van der Waals surface area contributed by atoms with Crippen molar-refractivity contribution in [2.24, 2.45) is 0 Å². The van der Waals surface area contributed by atoms with E-state index in [2.05, 4.69) is 15.6 Å². The number of thiophene rings is 1. The Balaban J connectivity index is 1.51. The fraction of sp³-hybridized carbons (Fsp3) is 0.190. The Morgan fingerprint density at radius 1 is 1.11 bits per heavy atom. The topological polar surface area (TPSA) is 71.1 Å². The quantitative estimate of drug-likeness (QED) is 0.698. The molecule has 27 heavy (non-hydrogen) atoms. The lowest BCUT2D eigenvalue weighted by atomic mass is 10.1. The van der Waals surface area contributed by atoms with Gasteiger partial charge in [0.1, 0.15) is 0 Å². The molecule has 1 fully saturated rings. The highest BCUT2D eigenvalue weighted by molar-refractivity contribution is 7.17. The first-order valence-electron chi connectivity index (χ1n) is 8.83. The van der Waals surface area contributed by atoms with Crippen LogP contribution in [0.4, 0.5) is 5.69 Å². The molecule has 5 nitrogen and oxygen atoms in total. The van der Waals surface area contributed by atoms with Crippen LogP contribution in [0.15, 0.2) is 54.9 Å². The van der Waals surface area contributed by atoms with Crippen LogP contribution in [0, 0.1) is 6.92 Å². The van der Waals surface area contributed by atoms with Gasteiger partial charge in [-0.05, 0) is 55.7 Å². The Hall–Kier alpha value is -2.99. The molecule has 0 radical (unpaired) electrons. The number of hydrogen-bond acceptors (Lipinski definition) is 4. The highest BCUT2D eigenvalue weighted by Gasteiger charge is 2.24. The van der Waals surface area contributed by atoms with Gasteiger partial charge >= 0.3 is 0 Å². The van der Waals surface area contributed by atoms with Gasteiger partial charge in [-0.25, -0.2) is 0 Å². The van der Waals surface area contributed by atoms with Crippen LogP contribution in [0.2, 0.25) is 0 Å². The van der Waals surface area contributed by atoms with Crippen molar-refractivity contribution in [3.8, 4) is 10.4 Å². The number of aryl methyl sites for hydroxylation is 1. The Bertz CT molecular complexity index is 994. The lowest BCUT2D eigenvalue weighted by Crippen LogP contribution is -2.25. The number of carbonyl (C=O) groups excluding carboxylic acids is 2. The van der Waals surface area contributed by atoms with E-state index in [0.29, 0.717) is 22.2 Å². The number of nitrogens with zero attached hydrogens (tertiary/aromatic N) is 1. The van der Waals surface area contributed by atoms with Crippen molar-refractivity contribution < 1.29 is 9.59 Å². The molecule has 0 saturated heterocycles. The standard InChI is InChI=1S/C21H19N3O2S/c1-13-4-5-14(20(25)23-16-6-7-16)11-17(13)24-21(26)19-9-8-18(27-19)15-3-2-10-22-12-15/h2-5,8-12,16H,6-7H2,1H3,(H,23,25)(H,24,26). The minimum absolute atomic E-state index is 0.0945. The number of anilines is 1. The minimum atomic E-state index is -0.182. The lowest BCUT2D eigenvalue weighted by Gasteiger charge is -2.10. The van der Waals surface area contributed by atoms with Crippen molar-refractivity contribution in [3.63, 3.8) is 0 Å². The second kappa shape index (κ2) is 7.32. The summed E-state index contributed by atoms with van der Waals surface area (Å²) in [6, 6.07) is 13.2. The van der Waals surface area contributed by atoms with Crippen LogP contribution < -0.4 is 10.6 Å². The maximum atomic E-state index is 12.7. The summed E-state index contributed by atoms with van der Waals surface area (Å²) in [5.41, 5.74) is 3.11. The highest BCUT2D eigenvalue weighted by Crippen LogP contribution is 2.28.